The maximum Gasteiger partial charge on any atom is 0.302 e. The molecule has 17 heavy (non-hydrogen) atoms. The van der Waals surface area contributed by atoms with Crippen molar-refractivity contribution in [1.29, 1.82) is 0 Å². The molecule has 0 aromatic heterocycles. The second kappa shape index (κ2) is 4.45. The summed E-state index contributed by atoms with van der Waals surface area (Å²) in [4.78, 5) is 11.1. The minimum Gasteiger partial charge on any atom is -0.462 e. The van der Waals surface area contributed by atoms with Gasteiger partial charge in [-0.2, -0.15) is 0 Å². The average molecular weight is 238 g/mol. The van der Waals surface area contributed by atoms with E-state index in [0.29, 0.717) is 0 Å². The Morgan fingerprint density at radius 3 is 2.88 bits per heavy atom. The number of aliphatic hydroxyl groups is 1. The Kier molecular flexibility index (Phi) is 3.30. The van der Waals surface area contributed by atoms with Crippen molar-refractivity contribution in [2.24, 2.45) is 11.3 Å². The lowest BCUT2D eigenvalue weighted by Gasteiger charge is -2.41. The van der Waals surface area contributed by atoms with Gasteiger partial charge in [0.25, 0.3) is 0 Å². The fourth-order valence-corrected chi connectivity index (χ4v) is 3.86. The van der Waals surface area contributed by atoms with Gasteiger partial charge in [-0.15, -0.1) is 0 Å². The summed E-state index contributed by atoms with van der Waals surface area (Å²) >= 11 is 0. The van der Waals surface area contributed by atoms with E-state index in [4.69, 9.17) is 4.74 Å². The lowest BCUT2D eigenvalue weighted by atomic mass is 9.66. The molecule has 0 aromatic rings. The molecule has 1 N–H and O–H groups in total. The van der Waals surface area contributed by atoms with Crippen molar-refractivity contribution < 1.29 is 14.6 Å². The molecule has 3 nitrogen and oxygen atoms in total. The molecule has 0 bridgehead atoms. The number of carbonyl (C=O) groups excluding carboxylic acids is 1. The number of rotatable bonds is 1. The number of aliphatic hydroxyl groups excluding tert-OH is 1. The second-order valence-corrected chi connectivity index (χ2v) is 5.56. The Labute approximate surface area is 103 Å². The molecule has 2 saturated carbocycles. The largest absolute Gasteiger partial charge is 0.462 e. The van der Waals surface area contributed by atoms with Crippen molar-refractivity contribution in [1.82, 2.24) is 0 Å². The highest BCUT2D eigenvalue weighted by Gasteiger charge is 2.52. The van der Waals surface area contributed by atoms with Crippen LogP contribution in [0.15, 0.2) is 11.6 Å². The van der Waals surface area contributed by atoms with E-state index in [0.717, 1.165) is 31.3 Å². The van der Waals surface area contributed by atoms with Gasteiger partial charge in [-0.05, 0) is 43.6 Å². The summed E-state index contributed by atoms with van der Waals surface area (Å²) in [6.45, 7) is 5.66. The van der Waals surface area contributed by atoms with Gasteiger partial charge in [0.2, 0.25) is 0 Å². The maximum atomic E-state index is 11.1. The summed E-state index contributed by atoms with van der Waals surface area (Å²) in [7, 11) is 0. The van der Waals surface area contributed by atoms with Gasteiger partial charge in [-0.25, -0.2) is 0 Å². The van der Waals surface area contributed by atoms with Crippen LogP contribution in [0.5, 0.6) is 0 Å². The van der Waals surface area contributed by atoms with E-state index in [1.165, 1.54) is 6.92 Å². The van der Waals surface area contributed by atoms with Crippen molar-refractivity contribution >= 4 is 5.97 Å². The van der Waals surface area contributed by atoms with Crippen LogP contribution in [-0.2, 0) is 9.53 Å². The van der Waals surface area contributed by atoms with Crippen LogP contribution in [0.25, 0.3) is 0 Å². The molecule has 3 unspecified atom stereocenters. The van der Waals surface area contributed by atoms with Gasteiger partial charge >= 0.3 is 5.97 Å². The zero-order chi connectivity index (χ0) is 12.6. The van der Waals surface area contributed by atoms with E-state index in [9.17, 15) is 9.90 Å². The quantitative estimate of drug-likeness (QED) is 0.564. The van der Waals surface area contributed by atoms with E-state index >= 15 is 0 Å². The molecule has 2 rings (SSSR count). The Bertz CT molecular complexity index is 347. The standard InChI is InChI=1S/C14H22O3/c1-4-10-12(16)8-11-13(17-9(2)15)6-5-7-14(10,11)3/h4,11-13,16H,5-8H2,1-3H3/b10-4+/t11?,12?,13?,14-/m1/s1. The molecule has 0 aliphatic heterocycles. The highest BCUT2D eigenvalue weighted by atomic mass is 16.5. The summed E-state index contributed by atoms with van der Waals surface area (Å²) in [5, 5.41) is 10.1. The van der Waals surface area contributed by atoms with E-state index in [1.54, 1.807) is 0 Å². The van der Waals surface area contributed by atoms with Crippen LogP contribution in [0.4, 0.5) is 0 Å². The topological polar surface area (TPSA) is 46.5 Å². The summed E-state index contributed by atoms with van der Waals surface area (Å²) < 4.78 is 5.43. The van der Waals surface area contributed by atoms with Crippen LogP contribution >= 0.6 is 0 Å². The number of ether oxygens (including phenoxy) is 1. The van der Waals surface area contributed by atoms with E-state index in [1.807, 2.05) is 13.0 Å². The number of hydrogen-bond donors (Lipinski definition) is 1. The SMILES string of the molecule is C/C=C1\C(O)CC2C(OC(C)=O)CCC[C@]12C. The smallest absolute Gasteiger partial charge is 0.302 e. The molecule has 0 spiro atoms. The zero-order valence-electron chi connectivity index (χ0n) is 10.9. The number of fused-ring (bicyclic) bond motifs is 1. The molecule has 3 heteroatoms. The molecular formula is C14H22O3. The summed E-state index contributed by atoms with van der Waals surface area (Å²) in [5.74, 6) is 0.0732. The molecule has 4 atom stereocenters. The second-order valence-electron chi connectivity index (χ2n) is 5.56. The Balaban J connectivity index is 2.26. The first-order chi connectivity index (χ1) is 7.99. The normalized spacial score (nSPS) is 43.5. The minimum absolute atomic E-state index is 0.0154. The van der Waals surface area contributed by atoms with Gasteiger partial charge in [0.1, 0.15) is 6.10 Å². The van der Waals surface area contributed by atoms with Crippen molar-refractivity contribution in [2.75, 3.05) is 0 Å². The predicted octanol–water partition coefficient (Wildman–Crippen LogP) is 2.44. The fourth-order valence-electron chi connectivity index (χ4n) is 3.86. The zero-order valence-corrected chi connectivity index (χ0v) is 10.9. The molecule has 2 aliphatic rings. The van der Waals surface area contributed by atoms with Crippen molar-refractivity contribution in [3.8, 4) is 0 Å². The molecule has 0 amide bonds. The van der Waals surface area contributed by atoms with Gasteiger partial charge in [0.05, 0.1) is 6.10 Å². The first-order valence-electron chi connectivity index (χ1n) is 6.51. The fraction of sp³-hybridized carbons (Fsp3) is 0.786. The number of esters is 1. The van der Waals surface area contributed by atoms with Crippen LogP contribution in [0.1, 0.15) is 46.5 Å². The highest BCUT2D eigenvalue weighted by molar-refractivity contribution is 5.66. The third-order valence-electron chi connectivity index (χ3n) is 4.58. The molecule has 0 radical (unpaired) electrons. The number of carbonyl (C=O) groups is 1. The molecule has 96 valence electrons. The predicted molar refractivity (Wildman–Crippen MR) is 65.4 cm³/mol. The van der Waals surface area contributed by atoms with Gasteiger partial charge in [-0.3, -0.25) is 4.79 Å². The van der Waals surface area contributed by atoms with E-state index in [-0.39, 0.29) is 29.5 Å². The van der Waals surface area contributed by atoms with Gasteiger partial charge < -0.3 is 9.84 Å². The molecule has 0 aromatic carbocycles. The third kappa shape index (κ3) is 2.01. The van der Waals surface area contributed by atoms with Crippen LogP contribution in [-0.4, -0.2) is 23.3 Å². The van der Waals surface area contributed by atoms with Gasteiger partial charge in [-0.1, -0.05) is 13.0 Å². The minimum atomic E-state index is -0.355. The first-order valence-corrected chi connectivity index (χ1v) is 6.51. The molecule has 2 fully saturated rings. The van der Waals surface area contributed by atoms with Crippen molar-refractivity contribution in [3.05, 3.63) is 11.6 Å². The first kappa shape index (κ1) is 12.6. The molecule has 2 aliphatic carbocycles. The molecule has 0 heterocycles. The average Bonchev–Trinajstić information content (AvgIpc) is 2.49. The van der Waals surface area contributed by atoms with E-state index < -0.39 is 0 Å². The van der Waals surface area contributed by atoms with Crippen LogP contribution in [0, 0.1) is 11.3 Å². The van der Waals surface area contributed by atoms with Crippen LogP contribution in [0.3, 0.4) is 0 Å². The Morgan fingerprint density at radius 1 is 1.59 bits per heavy atom. The number of allylic oxidation sites excluding steroid dienone is 1. The summed E-state index contributed by atoms with van der Waals surface area (Å²) in [6, 6.07) is 0. The third-order valence-corrected chi connectivity index (χ3v) is 4.58. The van der Waals surface area contributed by atoms with E-state index in [2.05, 4.69) is 6.92 Å². The summed E-state index contributed by atoms with van der Waals surface area (Å²) in [5.41, 5.74) is 1.16. The lowest BCUT2D eigenvalue weighted by Crippen LogP contribution is -2.39. The molecular weight excluding hydrogens is 216 g/mol. The van der Waals surface area contributed by atoms with Gasteiger partial charge in [0.15, 0.2) is 0 Å². The maximum absolute atomic E-state index is 11.1. The Hall–Kier alpha value is -0.830. The Morgan fingerprint density at radius 2 is 2.29 bits per heavy atom. The number of hydrogen-bond acceptors (Lipinski definition) is 3. The van der Waals surface area contributed by atoms with Crippen LogP contribution < -0.4 is 0 Å². The lowest BCUT2D eigenvalue weighted by molar-refractivity contribution is -0.153. The van der Waals surface area contributed by atoms with Crippen molar-refractivity contribution in [3.63, 3.8) is 0 Å². The van der Waals surface area contributed by atoms with Crippen LogP contribution in [0.2, 0.25) is 0 Å². The van der Waals surface area contributed by atoms with Gasteiger partial charge in [0, 0.05) is 12.8 Å². The van der Waals surface area contributed by atoms with Crippen molar-refractivity contribution in [2.45, 2.75) is 58.7 Å². The highest BCUT2D eigenvalue weighted by Crippen LogP contribution is 2.55. The monoisotopic (exact) mass is 238 g/mol. The summed E-state index contributed by atoms with van der Waals surface area (Å²) in [6.07, 6.45) is 5.49. The molecule has 0 saturated heterocycles.